The van der Waals surface area contributed by atoms with Gasteiger partial charge in [-0.25, -0.2) is 4.68 Å². The lowest BCUT2D eigenvalue weighted by atomic mass is 10.2. The van der Waals surface area contributed by atoms with E-state index in [0.717, 1.165) is 11.4 Å². The molecule has 6 heteroatoms. The molecule has 0 aliphatic carbocycles. The fraction of sp³-hybridized carbons (Fsp3) is 0.412. The summed E-state index contributed by atoms with van der Waals surface area (Å²) in [5.74, 6) is -0.247. The molecule has 0 fully saturated rings. The summed E-state index contributed by atoms with van der Waals surface area (Å²) in [6.45, 7) is 4.57. The zero-order valence-electron chi connectivity index (χ0n) is 13.7. The van der Waals surface area contributed by atoms with E-state index in [1.807, 2.05) is 38.1 Å². The molecular formula is C17H23N3O3. The fourth-order valence-electron chi connectivity index (χ4n) is 2.25. The van der Waals surface area contributed by atoms with Gasteiger partial charge in [0, 0.05) is 19.3 Å². The molecule has 6 nitrogen and oxygen atoms in total. The molecule has 0 aliphatic rings. The van der Waals surface area contributed by atoms with Crippen LogP contribution in [0.4, 0.5) is 0 Å². The Labute approximate surface area is 136 Å². The van der Waals surface area contributed by atoms with Gasteiger partial charge in [-0.15, -0.1) is 0 Å². The van der Waals surface area contributed by atoms with Crippen molar-refractivity contribution in [2.24, 2.45) is 0 Å². The van der Waals surface area contributed by atoms with E-state index < -0.39 is 6.10 Å². The average Bonchev–Trinajstić information content (AvgIpc) is 2.90. The minimum atomic E-state index is -0.577. The maximum absolute atomic E-state index is 12.1. The third kappa shape index (κ3) is 4.64. The van der Waals surface area contributed by atoms with E-state index in [9.17, 15) is 9.90 Å². The first-order valence-corrected chi connectivity index (χ1v) is 7.60. The van der Waals surface area contributed by atoms with E-state index in [1.54, 1.807) is 10.7 Å². The summed E-state index contributed by atoms with van der Waals surface area (Å²) in [5, 5.41) is 16.7. The Kier molecular flexibility index (Phi) is 5.90. The van der Waals surface area contributed by atoms with Gasteiger partial charge in [0.05, 0.1) is 18.4 Å². The molecule has 0 bridgehead atoms. The molecule has 124 valence electrons. The molecule has 1 aromatic carbocycles. The van der Waals surface area contributed by atoms with Gasteiger partial charge in [0.25, 0.3) is 5.91 Å². The molecule has 1 heterocycles. The van der Waals surface area contributed by atoms with Crippen LogP contribution < -0.4 is 5.32 Å². The highest BCUT2D eigenvalue weighted by Gasteiger charge is 2.13. The first kappa shape index (κ1) is 17.2. The number of hydrogen-bond acceptors (Lipinski definition) is 4. The number of carbonyl (C=O) groups excluding carboxylic acids is 1. The number of ether oxygens (including phenoxy) is 1. The lowest BCUT2D eigenvalue weighted by Gasteiger charge is -2.09. The van der Waals surface area contributed by atoms with Gasteiger partial charge in [-0.3, -0.25) is 4.79 Å². The first-order valence-electron chi connectivity index (χ1n) is 7.60. The van der Waals surface area contributed by atoms with Crippen LogP contribution in [0.3, 0.4) is 0 Å². The van der Waals surface area contributed by atoms with Gasteiger partial charge in [0.1, 0.15) is 0 Å². The summed E-state index contributed by atoms with van der Waals surface area (Å²) in [7, 11) is 1.53. The number of aryl methyl sites for hydroxylation is 2. The van der Waals surface area contributed by atoms with Gasteiger partial charge < -0.3 is 15.2 Å². The number of methoxy groups -OCH3 is 1. The van der Waals surface area contributed by atoms with Gasteiger partial charge >= 0.3 is 0 Å². The van der Waals surface area contributed by atoms with Crippen LogP contribution in [0.25, 0.3) is 5.69 Å². The van der Waals surface area contributed by atoms with Crippen molar-refractivity contribution in [1.29, 1.82) is 0 Å². The van der Waals surface area contributed by atoms with Gasteiger partial charge in [-0.05, 0) is 38.5 Å². The molecule has 2 N–H and O–H groups in total. The Bertz CT molecular complexity index is 650. The third-order valence-corrected chi connectivity index (χ3v) is 3.52. The number of carbonyl (C=O) groups is 1. The second-order valence-corrected chi connectivity index (χ2v) is 5.57. The van der Waals surface area contributed by atoms with Gasteiger partial charge in [0.2, 0.25) is 0 Å². The van der Waals surface area contributed by atoms with Crippen molar-refractivity contribution in [1.82, 2.24) is 15.1 Å². The van der Waals surface area contributed by atoms with Crippen molar-refractivity contribution in [2.45, 2.75) is 26.4 Å². The number of aliphatic hydroxyl groups excluding tert-OH is 1. The lowest BCUT2D eigenvalue weighted by molar-refractivity contribution is 0.0587. The molecular weight excluding hydrogens is 294 g/mol. The van der Waals surface area contributed by atoms with Crippen LogP contribution in [-0.4, -0.2) is 47.2 Å². The topological polar surface area (TPSA) is 76.4 Å². The Balaban J connectivity index is 1.99. The number of aliphatic hydroxyl groups is 1. The van der Waals surface area contributed by atoms with Crippen LogP contribution in [0.15, 0.2) is 30.3 Å². The molecule has 0 saturated heterocycles. The standard InChI is InChI=1S/C17H23N3O3/c1-12-4-6-14(7-5-12)20-13(2)10-16(19-20)17(22)18-9-8-15(21)11-23-3/h4-7,10,15,21H,8-9,11H2,1-3H3,(H,18,22). The minimum Gasteiger partial charge on any atom is -0.391 e. The summed E-state index contributed by atoms with van der Waals surface area (Å²) in [5.41, 5.74) is 3.34. The van der Waals surface area contributed by atoms with E-state index in [2.05, 4.69) is 10.4 Å². The van der Waals surface area contributed by atoms with Crippen molar-refractivity contribution >= 4 is 5.91 Å². The molecule has 2 rings (SSSR count). The zero-order chi connectivity index (χ0) is 16.8. The summed E-state index contributed by atoms with van der Waals surface area (Å²) in [4.78, 5) is 12.1. The number of hydrogen-bond donors (Lipinski definition) is 2. The van der Waals surface area contributed by atoms with E-state index >= 15 is 0 Å². The fourth-order valence-corrected chi connectivity index (χ4v) is 2.25. The monoisotopic (exact) mass is 317 g/mol. The zero-order valence-corrected chi connectivity index (χ0v) is 13.7. The molecule has 0 aliphatic heterocycles. The highest BCUT2D eigenvalue weighted by molar-refractivity contribution is 5.92. The van der Waals surface area contributed by atoms with Gasteiger partial charge in [-0.1, -0.05) is 17.7 Å². The summed E-state index contributed by atoms with van der Waals surface area (Å²) in [6.07, 6.45) is -0.135. The molecule has 1 amide bonds. The van der Waals surface area contributed by atoms with E-state index in [0.29, 0.717) is 18.7 Å². The predicted octanol–water partition coefficient (Wildman–Crippen LogP) is 1.62. The van der Waals surface area contributed by atoms with Crippen molar-refractivity contribution in [2.75, 3.05) is 20.3 Å². The molecule has 0 saturated carbocycles. The first-order chi connectivity index (χ1) is 11.0. The molecule has 1 aromatic heterocycles. The summed E-state index contributed by atoms with van der Waals surface area (Å²) < 4.78 is 6.59. The molecule has 23 heavy (non-hydrogen) atoms. The van der Waals surface area contributed by atoms with Crippen LogP contribution in [0.5, 0.6) is 0 Å². The number of aromatic nitrogens is 2. The van der Waals surface area contributed by atoms with Gasteiger partial charge in [-0.2, -0.15) is 5.10 Å². The lowest BCUT2D eigenvalue weighted by Crippen LogP contribution is -2.28. The Morgan fingerprint density at radius 1 is 1.35 bits per heavy atom. The Morgan fingerprint density at radius 2 is 2.04 bits per heavy atom. The van der Waals surface area contributed by atoms with Crippen molar-refractivity contribution in [3.63, 3.8) is 0 Å². The molecule has 2 aromatic rings. The number of nitrogens with zero attached hydrogens (tertiary/aromatic N) is 2. The van der Waals surface area contributed by atoms with Crippen molar-refractivity contribution in [3.8, 4) is 5.69 Å². The van der Waals surface area contributed by atoms with Crippen LogP contribution in [0.1, 0.15) is 28.2 Å². The average molecular weight is 317 g/mol. The number of nitrogens with one attached hydrogen (secondary N) is 1. The second-order valence-electron chi connectivity index (χ2n) is 5.57. The molecule has 1 unspecified atom stereocenters. The minimum absolute atomic E-state index is 0.247. The van der Waals surface area contributed by atoms with Crippen LogP contribution in [0, 0.1) is 13.8 Å². The second kappa shape index (κ2) is 7.89. The van der Waals surface area contributed by atoms with Gasteiger partial charge in [0.15, 0.2) is 5.69 Å². The summed E-state index contributed by atoms with van der Waals surface area (Å²) >= 11 is 0. The summed E-state index contributed by atoms with van der Waals surface area (Å²) in [6, 6.07) is 9.71. The SMILES string of the molecule is COCC(O)CCNC(=O)c1cc(C)n(-c2ccc(C)cc2)n1. The normalized spacial score (nSPS) is 12.2. The number of rotatable bonds is 7. The van der Waals surface area contributed by atoms with Crippen molar-refractivity contribution < 1.29 is 14.6 Å². The smallest absolute Gasteiger partial charge is 0.271 e. The largest absolute Gasteiger partial charge is 0.391 e. The predicted molar refractivity (Wildman–Crippen MR) is 87.9 cm³/mol. The maximum atomic E-state index is 12.1. The molecule has 0 radical (unpaired) electrons. The Hall–Kier alpha value is -2.18. The van der Waals surface area contributed by atoms with E-state index in [-0.39, 0.29) is 12.5 Å². The highest BCUT2D eigenvalue weighted by atomic mass is 16.5. The van der Waals surface area contributed by atoms with E-state index in [1.165, 1.54) is 12.7 Å². The highest BCUT2D eigenvalue weighted by Crippen LogP contribution is 2.13. The van der Waals surface area contributed by atoms with E-state index in [4.69, 9.17) is 4.74 Å². The quantitative estimate of drug-likeness (QED) is 0.813. The third-order valence-electron chi connectivity index (χ3n) is 3.52. The Morgan fingerprint density at radius 3 is 2.70 bits per heavy atom. The van der Waals surface area contributed by atoms with Crippen LogP contribution >= 0.6 is 0 Å². The number of amides is 1. The van der Waals surface area contributed by atoms with Crippen LogP contribution in [0.2, 0.25) is 0 Å². The van der Waals surface area contributed by atoms with Crippen molar-refractivity contribution in [3.05, 3.63) is 47.3 Å². The van der Waals surface area contributed by atoms with Crippen LogP contribution in [-0.2, 0) is 4.74 Å². The maximum Gasteiger partial charge on any atom is 0.271 e. The molecule has 1 atom stereocenters. The number of benzene rings is 1. The molecule has 0 spiro atoms.